The zero-order chi connectivity index (χ0) is 74.8. The molecule has 0 aliphatic rings. The molecule has 0 aromatic heterocycles. The molecule has 0 fully saturated rings. The Kier molecular flexibility index (Phi) is 74.4. The van der Waals surface area contributed by atoms with Crippen LogP contribution >= 0.6 is 15.6 Å². The van der Waals surface area contributed by atoms with E-state index in [4.69, 9.17) is 37.0 Å². The normalized spacial score (nSPS) is 13.8. The summed E-state index contributed by atoms with van der Waals surface area (Å²) in [6.45, 7) is 7.31. The van der Waals surface area contributed by atoms with Crippen molar-refractivity contribution in [2.24, 2.45) is 5.92 Å². The van der Waals surface area contributed by atoms with E-state index in [0.717, 1.165) is 95.8 Å². The van der Waals surface area contributed by atoms with Crippen LogP contribution in [-0.2, 0) is 65.4 Å². The zero-order valence-electron chi connectivity index (χ0n) is 66.8. The number of carbonyl (C=O) groups is 4. The summed E-state index contributed by atoms with van der Waals surface area (Å²) in [5.74, 6) is -1.37. The summed E-state index contributed by atoms with van der Waals surface area (Å²) in [5.41, 5.74) is 0. The maximum absolute atomic E-state index is 13.1. The van der Waals surface area contributed by atoms with Crippen molar-refractivity contribution < 1.29 is 80.2 Å². The van der Waals surface area contributed by atoms with Crippen LogP contribution in [0.5, 0.6) is 0 Å². The van der Waals surface area contributed by atoms with Gasteiger partial charge in [-0.3, -0.25) is 37.3 Å². The summed E-state index contributed by atoms with van der Waals surface area (Å²) < 4.78 is 68.8. The number of hydrogen-bond acceptors (Lipinski definition) is 15. The monoisotopic (exact) mass is 1490 g/mol. The summed E-state index contributed by atoms with van der Waals surface area (Å²) in [5, 5.41) is 10.6. The van der Waals surface area contributed by atoms with Crippen LogP contribution in [0.25, 0.3) is 0 Å². The second-order valence-electron chi connectivity index (χ2n) is 30.3. The molecule has 606 valence electrons. The third kappa shape index (κ3) is 76.3. The van der Waals surface area contributed by atoms with E-state index in [1.165, 1.54) is 270 Å². The molecule has 0 aliphatic carbocycles. The third-order valence-electron chi connectivity index (χ3n) is 19.5. The Labute approximate surface area is 626 Å². The molecule has 0 bridgehead atoms. The van der Waals surface area contributed by atoms with Gasteiger partial charge in [-0.25, -0.2) is 9.13 Å². The van der Waals surface area contributed by atoms with Crippen LogP contribution < -0.4 is 0 Å². The maximum atomic E-state index is 13.1. The lowest BCUT2D eigenvalue weighted by Gasteiger charge is -2.21. The van der Waals surface area contributed by atoms with Crippen molar-refractivity contribution in [2.75, 3.05) is 39.6 Å². The van der Waals surface area contributed by atoms with Gasteiger partial charge >= 0.3 is 39.5 Å². The quantitative estimate of drug-likeness (QED) is 0.0222. The highest BCUT2D eigenvalue weighted by Gasteiger charge is 2.30. The van der Waals surface area contributed by atoms with E-state index in [2.05, 4.69) is 34.6 Å². The van der Waals surface area contributed by atoms with Crippen LogP contribution in [0.15, 0.2) is 0 Å². The second-order valence-corrected chi connectivity index (χ2v) is 33.3. The van der Waals surface area contributed by atoms with Crippen LogP contribution in [0, 0.1) is 5.92 Å². The number of rotatable bonds is 83. The number of aliphatic hydroxyl groups is 1. The average Bonchev–Trinajstić information content (AvgIpc) is 0.919. The fourth-order valence-corrected chi connectivity index (χ4v) is 14.5. The molecule has 102 heavy (non-hydrogen) atoms. The van der Waals surface area contributed by atoms with E-state index in [1.54, 1.807) is 0 Å². The lowest BCUT2D eigenvalue weighted by atomic mass is 10.0. The Bertz CT molecular complexity index is 1940. The number of phosphoric acid groups is 2. The van der Waals surface area contributed by atoms with Crippen molar-refractivity contribution >= 4 is 39.5 Å². The number of esters is 4. The van der Waals surface area contributed by atoms with Crippen LogP contribution in [0.4, 0.5) is 0 Å². The molecule has 0 heterocycles. The van der Waals surface area contributed by atoms with E-state index in [9.17, 15) is 43.2 Å². The number of hydrogen-bond donors (Lipinski definition) is 3. The minimum absolute atomic E-state index is 0.106. The van der Waals surface area contributed by atoms with Crippen molar-refractivity contribution in [3.63, 3.8) is 0 Å². The zero-order valence-corrected chi connectivity index (χ0v) is 68.5. The molecule has 0 amide bonds. The predicted molar refractivity (Wildman–Crippen MR) is 418 cm³/mol. The highest BCUT2D eigenvalue weighted by molar-refractivity contribution is 7.47. The topological polar surface area (TPSA) is 237 Å². The van der Waals surface area contributed by atoms with E-state index in [-0.39, 0.29) is 25.7 Å². The van der Waals surface area contributed by atoms with Gasteiger partial charge in [-0.1, -0.05) is 394 Å². The predicted octanol–water partition coefficient (Wildman–Crippen LogP) is 25.2. The van der Waals surface area contributed by atoms with Gasteiger partial charge in [0.2, 0.25) is 0 Å². The maximum Gasteiger partial charge on any atom is 0.472 e. The van der Waals surface area contributed by atoms with E-state index >= 15 is 0 Å². The molecule has 0 rings (SSSR count). The van der Waals surface area contributed by atoms with Crippen molar-refractivity contribution in [1.29, 1.82) is 0 Å². The van der Waals surface area contributed by atoms with E-state index in [1.807, 2.05) is 0 Å². The number of unbranched alkanes of at least 4 members (excludes halogenated alkanes) is 55. The molecule has 0 radical (unpaired) electrons. The van der Waals surface area contributed by atoms with Gasteiger partial charge in [0.05, 0.1) is 26.4 Å². The lowest BCUT2D eigenvalue weighted by molar-refractivity contribution is -0.161. The summed E-state index contributed by atoms with van der Waals surface area (Å²) in [7, 11) is -9.92. The molecule has 17 nitrogen and oxygen atoms in total. The summed E-state index contributed by atoms with van der Waals surface area (Å²) in [4.78, 5) is 73.1. The Morgan fingerprint density at radius 2 is 0.451 bits per heavy atom. The number of carbonyl (C=O) groups excluding carboxylic acids is 4. The van der Waals surface area contributed by atoms with Gasteiger partial charge in [0, 0.05) is 25.7 Å². The molecule has 0 aromatic rings. The minimum Gasteiger partial charge on any atom is -0.462 e. The van der Waals surface area contributed by atoms with Gasteiger partial charge in [-0.05, 0) is 31.6 Å². The van der Waals surface area contributed by atoms with Gasteiger partial charge in [-0.2, -0.15) is 0 Å². The molecular formula is C83H162O17P2. The standard InChI is InChI=1S/C83H162O17P2/c1-6-9-12-15-18-21-24-26-28-30-32-33-34-36-38-40-43-48-53-58-63-68-82(87)99-78(72-94-81(86)67-62-57-52-47-42-39-37-35-31-29-27-25-22-19-16-13-10-7-2)74-97-101(89,90)95-70-77(84)71-96-102(91,92)98-75-79(73-93-80(85)66-61-56-51-46-41-23-20-17-14-11-8-3)100-83(88)69-64-59-54-49-44-45-50-55-60-65-76(4)5/h76-79,84H,6-75H2,1-5H3,(H,89,90)(H,91,92)/t77-,78-,79-/m1/s1. The fraction of sp³-hybridized carbons (Fsp3) is 0.952. The minimum atomic E-state index is -4.96. The van der Waals surface area contributed by atoms with Gasteiger partial charge in [0.15, 0.2) is 12.2 Å². The Morgan fingerprint density at radius 1 is 0.265 bits per heavy atom. The van der Waals surface area contributed by atoms with Gasteiger partial charge in [0.1, 0.15) is 19.3 Å². The highest BCUT2D eigenvalue weighted by atomic mass is 31.2. The number of ether oxygens (including phenoxy) is 4. The van der Waals surface area contributed by atoms with Crippen LogP contribution in [0.3, 0.4) is 0 Å². The Hall–Kier alpha value is -1.94. The first kappa shape index (κ1) is 100. The third-order valence-corrected chi connectivity index (χ3v) is 21.4. The molecule has 19 heteroatoms. The molecule has 0 saturated heterocycles. The Morgan fingerprint density at radius 3 is 0.667 bits per heavy atom. The first-order chi connectivity index (χ1) is 49.5. The van der Waals surface area contributed by atoms with Crippen LogP contribution in [0.1, 0.15) is 446 Å². The Balaban J connectivity index is 5.22. The molecular weight excluding hydrogens is 1330 g/mol. The molecule has 3 N–H and O–H groups in total. The van der Waals surface area contributed by atoms with Crippen LogP contribution in [-0.4, -0.2) is 96.7 Å². The average molecular weight is 1490 g/mol. The number of phosphoric ester groups is 2. The van der Waals surface area contributed by atoms with Crippen LogP contribution in [0.2, 0.25) is 0 Å². The highest BCUT2D eigenvalue weighted by Crippen LogP contribution is 2.45. The summed E-state index contributed by atoms with van der Waals surface area (Å²) in [6.07, 6.45) is 68.1. The van der Waals surface area contributed by atoms with E-state index in [0.29, 0.717) is 25.7 Å². The van der Waals surface area contributed by atoms with Gasteiger partial charge in [0.25, 0.3) is 0 Å². The van der Waals surface area contributed by atoms with Crippen molar-refractivity contribution in [1.82, 2.24) is 0 Å². The van der Waals surface area contributed by atoms with Crippen molar-refractivity contribution in [3.8, 4) is 0 Å². The summed E-state index contributed by atoms with van der Waals surface area (Å²) in [6, 6.07) is 0. The van der Waals surface area contributed by atoms with E-state index < -0.39 is 97.5 Å². The molecule has 0 spiro atoms. The molecule has 2 unspecified atom stereocenters. The summed E-state index contributed by atoms with van der Waals surface area (Å²) >= 11 is 0. The first-order valence-corrected chi connectivity index (χ1v) is 46.1. The SMILES string of the molecule is CCCCCCCCCCCCCCCCCCCCCCCC(=O)O[C@H](COC(=O)CCCCCCCCCCCCCCCCCCCC)COP(=O)(O)OC[C@@H](O)COP(=O)(O)OC[C@@H](COC(=O)CCCCCCCCCCCCC)OC(=O)CCCCCCCCCCCC(C)C. The number of aliphatic hydroxyl groups excluding tert-OH is 1. The largest absolute Gasteiger partial charge is 0.472 e. The first-order valence-electron chi connectivity index (χ1n) is 43.1. The van der Waals surface area contributed by atoms with Crippen molar-refractivity contribution in [3.05, 3.63) is 0 Å². The van der Waals surface area contributed by atoms with Gasteiger partial charge < -0.3 is 33.8 Å². The van der Waals surface area contributed by atoms with Crippen molar-refractivity contribution in [2.45, 2.75) is 464 Å². The fourth-order valence-electron chi connectivity index (χ4n) is 12.9. The smallest absolute Gasteiger partial charge is 0.462 e. The second kappa shape index (κ2) is 75.9. The molecule has 0 aliphatic heterocycles. The van der Waals surface area contributed by atoms with Gasteiger partial charge in [-0.15, -0.1) is 0 Å². The lowest BCUT2D eigenvalue weighted by Crippen LogP contribution is -2.30. The molecule has 0 saturated carbocycles. The molecule has 5 atom stereocenters. The molecule has 0 aromatic carbocycles.